The smallest absolute Gasteiger partial charge is 0.329 e. The molecule has 32 heavy (non-hydrogen) atoms. The number of aromatic nitrogens is 2. The number of anilines is 1. The molecule has 0 spiro atoms. The minimum absolute atomic E-state index is 0.218. The maximum atomic E-state index is 13.0. The molecule has 3 unspecified atom stereocenters. The van der Waals surface area contributed by atoms with Gasteiger partial charge < -0.3 is 9.47 Å². The number of benzene rings is 1. The summed E-state index contributed by atoms with van der Waals surface area (Å²) < 4.78 is 11.3. The molecule has 3 aromatic rings. The van der Waals surface area contributed by atoms with Gasteiger partial charge >= 0.3 is 5.97 Å². The first-order chi connectivity index (χ1) is 15.4. The van der Waals surface area contributed by atoms with Gasteiger partial charge in [-0.15, -0.1) is 11.3 Å². The van der Waals surface area contributed by atoms with Gasteiger partial charge in [0.05, 0.1) is 23.2 Å². The number of carbonyl (C=O) groups excluding carboxylic acids is 2. The van der Waals surface area contributed by atoms with Crippen LogP contribution < -0.4 is 9.64 Å². The molecule has 0 bridgehead atoms. The van der Waals surface area contributed by atoms with Crippen molar-refractivity contribution in [3.8, 4) is 27.7 Å². The van der Waals surface area contributed by atoms with Crippen LogP contribution in [-0.4, -0.2) is 40.1 Å². The average Bonchev–Trinajstić information content (AvgIpc) is 3.30. The molecular weight excluding hydrogens is 426 g/mol. The zero-order chi connectivity index (χ0) is 22.8. The van der Waals surface area contributed by atoms with E-state index in [1.54, 1.807) is 20.0 Å². The minimum atomic E-state index is -0.781. The summed E-state index contributed by atoms with van der Waals surface area (Å²) >= 11 is 1.50. The summed E-state index contributed by atoms with van der Waals surface area (Å²) in [5, 5.41) is 2.76. The molecule has 0 saturated carbocycles. The fourth-order valence-electron chi connectivity index (χ4n) is 3.42. The monoisotopic (exact) mass is 451 g/mol. The van der Waals surface area contributed by atoms with Crippen LogP contribution in [0.5, 0.6) is 5.75 Å². The molecule has 7 nitrogen and oxygen atoms in total. The fourth-order valence-corrected chi connectivity index (χ4v) is 4.22. The number of thiazole rings is 1. The highest BCUT2D eigenvalue weighted by Crippen LogP contribution is 2.39. The van der Waals surface area contributed by atoms with Gasteiger partial charge in [-0.2, -0.15) is 0 Å². The fraction of sp³-hybridized carbons (Fsp3) is 0.333. The van der Waals surface area contributed by atoms with Crippen LogP contribution in [0.25, 0.3) is 22.0 Å². The van der Waals surface area contributed by atoms with E-state index >= 15 is 0 Å². The molecule has 0 fully saturated rings. The van der Waals surface area contributed by atoms with E-state index in [0.29, 0.717) is 17.9 Å². The summed E-state index contributed by atoms with van der Waals surface area (Å²) in [5.74, 6) is -0.177. The van der Waals surface area contributed by atoms with Gasteiger partial charge in [-0.1, -0.05) is 13.0 Å². The normalized spacial score (nSPS) is 17.3. The van der Waals surface area contributed by atoms with E-state index in [1.165, 1.54) is 16.2 Å². The first-order valence-electron chi connectivity index (χ1n) is 10.6. The number of hydrogen-bond acceptors (Lipinski definition) is 7. The van der Waals surface area contributed by atoms with Gasteiger partial charge in [0, 0.05) is 17.1 Å². The molecule has 0 saturated heterocycles. The SMILES string of the molecule is CCC(C)OC(=O)C(C)N1C(=O)C(C)Oc2ccc(-c3csc(-c4ccccn4)n3)cc21. The van der Waals surface area contributed by atoms with Gasteiger partial charge in [-0.05, 0) is 57.5 Å². The third kappa shape index (κ3) is 4.23. The summed E-state index contributed by atoms with van der Waals surface area (Å²) in [6.07, 6.45) is 1.53. The molecule has 4 rings (SSSR count). The quantitative estimate of drug-likeness (QED) is 0.505. The third-order valence-corrected chi connectivity index (χ3v) is 6.28. The Morgan fingerprint density at radius 2 is 2.06 bits per heavy atom. The zero-order valence-corrected chi connectivity index (χ0v) is 19.3. The van der Waals surface area contributed by atoms with E-state index in [4.69, 9.17) is 14.5 Å². The van der Waals surface area contributed by atoms with Gasteiger partial charge in [-0.25, -0.2) is 9.78 Å². The Bertz CT molecular complexity index is 1130. The molecule has 1 aliphatic rings. The van der Waals surface area contributed by atoms with Gasteiger partial charge in [-0.3, -0.25) is 14.7 Å². The lowest BCUT2D eigenvalue weighted by atomic mass is 10.1. The number of rotatable bonds is 6. The number of amides is 1. The molecule has 1 aliphatic heterocycles. The Balaban J connectivity index is 1.69. The van der Waals surface area contributed by atoms with Crippen molar-refractivity contribution in [3.05, 3.63) is 48.0 Å². The third-order valence-electron chi connectivity index (χ3n) is 5.41. The van der Waals surface area contributed by atoms with Crippen molar-refractivity contribution in [2.75, 3.05) is 4.90 Å². The summed E-state index contributed by atoms with van der Waals surface area (Å²) in [7, 11) is 0. The van der Waals surface area contributed by atoms with Crippen molar-refractivity contribution in [2.24, 2.45) is 0 Å². The van der Waals surface area contributed by atoms with Crippen LogP contribution in [0.2, 0.25) is 0 Å². The minimum Gasteiger partial charge on any atom is -0.479 e. The summed E-state index contributed by atoms with van der Waals surface area (Å²) in [6.45, 7) is 7.14. The van der Waals surface area contributed by atoms with Crippen molar-refractivity contribution in [1.29, 1.82) is 0 Å². The van der Waals surface area contributed by atoms with E-state index in [-0.39, 0.29) is 12.0 Å². The summed E-state index contributed by atoms with van der Waals surface area (Å²) in [5.41, 5.74) is 2.92. The molecule has 8 heteroatoms. The molecule has 3 atom stereocenters. The van der Waals surface area contributed by atoms with Crippen molar-refractivity contribution in [1.82, 2.24) is 9.97 Å². The number of carbonyl (C=O) groups is 2. The lowest BCUT2D eigenvalue weighted by molar-refractivity contribution is -0.151. The molecule has 0 radical (unpaired) electrons. The van der Waals surface area contributed by atoms with Crippen LogP contribution in [0, 0.1) is 0 Å². The Kier molecular flexibility index (Phi) is 6.23. The standard InChI is InChI=1S/C24H25N3O4S/c1-5-14(2)30-24(29)15(3)27-20-12-17(9-10-21(20)31-16(4)23(27)28)19-13-32-22(26-19)18-8-6-7-11-25-18/h6-16H,5H2,1-4H3. The number of hydrogen-bond donors (Lipinski definition) is 0. The molecular formula is C24H25N3O4S. The second kappa shape index (κ2) is 9.08. The maximum Gasteiger partial charge on any atom is 0.329 e. The molecule has 2 aromatic heterocycles. The highest BCUT2D eigenvalue weighted by atomic mass is 32.1. The van der Waals surface area contributed by atoms with E-state index in [9.17, 15) is 9.59 Å². The van der Waals surface area contributed by atoms with E-state index in [1.807, 2.05) is 55.6 Å². The molecule has 1 aromatic carbocycles. The van der Waals surface area contributed by atoms with E-state index in [2.05, 4.69) is 4.98 Å². The van der Waals surface area contributed by atoms with Crippen molar-refractivity contribution >= 4 is 28.9 Å². The highest BCUT2D eigenvalue weighted by molar-refractivity contribution is 7.13. The molecule has 166 valence electrons. The summed E-state index contributed by atoms with van der Waals surface area (Å²) in [6, 6.07) is 10.5. The first-order valence-corrected chi connectivity index (χ1v) is 11.5. The second-order valence-electron chi connectivity index (χ2n) is 7.74. The number of fused-ring (bicyclic) bond motifs is 1. The molecule has 0 aliphatic carbocycles. The number of ether oxygens (including phenoxy) is 2. The lowest BCUT2D eigenvalue weighted by Crippen LogP contribution is -2.52. The van der Waals surface area contributed by atoms with Crippen molar-refractivity contribution in [3.63, 3.8) is 0 Å². The van der Waals surface area contributed by atoms with Crippen LogP contribution in [0.15, 0.2) is 48.0 Å². The van der Waals surface area contributed by atoms with Crippen molar-refractivity contribution < 1.29 is 19.1 Å². The Morgan fingerprint density at radius 3 is 2.78 bits per heavy atom. The highest BCUT2D eigenvalue weighted by Gasteiger charge is 2.38. The zero-order valence-electron chi connectivity index (χ0n) is 18.4. The number of nitrogens with zero attached hydrogens (tertiary/aromatic N) is 3. The van der Waals surface area contributed by atoms with Gasteiger partial charge in [0.25, 0.3) is 5.91 Å². The molecule has 1 amide bonds. The second-order valence-corrected chi connectivity index (χ2v) is 8.59. The topological polar surface area (TPSA) is 81.6 Å². The van der Waals surface area contributed by atoms with Crippen LogP contribution in [0.4, 0.5) is 5.69 Å². The number of esters is 1. The Morgan fingerprint density at radius 1 is 1.25 bits per heavy atom. The Hall–Kier alpha value is -3.26. The average molecular weight is 452 g/mol. The van der Waals surface area contributed by atoms with Gasteiger partial charge in [0.1, 0.15) is 16.8 Å². The van der Waals surface area contributed by atoms with Crippen LogP contribution in [0.1, 0.15) is 34.1 Å². The predicted molar refractivity (Wildman–Crippen MR) is 124 cm³/mol. The van der Waals surface area contributed by atoms with Gasteiger partial charge in [0.2, 0.25) is 0 Å². The predicted octanol–water partition coefficient (Wildman–Crippen LogP) is 4.72. The van der Waals surface area contributed by atoms with E-state index in [0.717, 1.165) is 22.0 Å². The van der Waals surface area contributed by atoms with Crippen molar-refractivity contribution in [2.45, 2.75) is 52.4 Å². The molecule has 3 heterocycles. The van der Waals surface area contributed by atoms with Gasteiger partial charge in [0.15, 0.2) is 6.10 Å². The molecule has 0 N–H and O–H groups in total. The summed E-state index contributed by atoms with van der Waals surface area (Å²) in [4.78, 5) is 36.3. The largest absolute Gasteiger partial charge is 0.479 e. The first kappa shape index (κ1) is 22.0. The number of pyridine rings is 1. The Labute approximate surface area is 191 Å². The lowest BCUT2D eigenvalue weighted by Gasteiger charge is -2.36. The maximum absolute atomic E-state index is 13.0. The van der Waals surface area contributed by atoms with Crippen LogP contribution in [-0.2, 0) is 14.3 Å². The van der Waals surface area contributed by atoms with E-state index < -0.39 is 18.1 Å². The van der Waals surface area contributed by atoms with Crippen LogP contribution >= 0.6 is 11.3 Å². The van der Waals surface area contributed by atoms with Crippen LogP contribution in [0.3, 0.4) is 0 Å².